The molecule has 0 N–H and O–H groups in total. The number of amides is 1. The Hall–Kier alpha value is -1.99. The zero-order chi connectivity index (χ0) is 17.9. The Labute approximate surface area is 147 Å². The van der Waals surface area contributed by atoms with Gasteiger partial charge in [-0.3, -0.25) is 4.79 Å². The van der Waals surface area contributed by atoms with Crippen molar-refractivity contribution in [2.24, 2.45) is 0 Å². The molecule has 0 bridgehead atoms. The van der Waals surface area contributed by atoms with E-state index in [0.717, 1.165) is 19.6 Å². The fourth-order valence-electron chi connectivity index (χ4n) is 3.34. The third-order valence-corrected chi connectivity index (χ3v) is 4.74. The lowest BCUT2D eigenvalue weighted by Crippen LogP contribution is -2.51. The zero-order valence-corrected chi connectivity index (χ0v) is 15.0. The number of likely N-dealkylation sites (tertiary alicyclic amines) is 1. The van der Waals surface area contributed by atoms with Crippen LogP contribution < -0.4 is 14.2 Å². The summed E-state index contributed by atoms with van der Waals surface area (Å²) in [6.07, 6.45) is 2.29. The fraction of sp³-hybridized carbons (Fsp3) is 0.611. The first-order chi connectivity index (χ1) is 12.1. The lowest BCUT2D eigenvalue weighted by atomic mass is 10.0. The summed E-state index contributed by atoms with van der Waals surface area (Å²) in [6, 6.07) is 3.36. The van der Waals surface area contributed by atoms with Crippen LogP contribution in [0.15, 0.2) is 12.1 Å². The number of benzene rings is 1. The van der Waals surface area contributed by atoms with Crippen LogP contribution >= 0.6 is 0 Å². The summed E-state index contributed by atoms with van der Waals surface area (Å²) in [4.78, 5) is 14.7. The number of methoxy groups -OCH3 is 3. The van der Waals surface area contributed by atoms with Crippen LogP contribution in [0.5, 0.6) is 17.2 Å². The number of carbonyl (C=O) groups excluding carboxylic acids is 1. The maximum atomic E-state index is 12.9. The lowest BCUT2D eigenvalue weighted by Gasteiger charge is -2.43. The molecule has 25 heavy (non-hydrogen) atoms. The molecule has 0 unspecified atom stereocenters. The molecule has 2 aliphatic rings. The zero-order valence-electron chi connectivity index (χ0n) is 15.0. The third kappa shape index (κ3) is 3.52. The minimum absolute atomic E-state index is 0.0649. The van der Waals surface area contributed by atoms with Crippen LogP contribution in [0.1, 0.15) is 29.6 Å². The molecule has 0 aliphatic carbocycles. The van der Waals surface area contributed by atoms with Gasteiger partial charge < -0.3 is 28.6 Å². The topological polar surface area (TPSA) is 66.5 Å². The van der Waals surface area contributed by atoms with Gasteiger partial charge in [0.15, 0.2) is 17.3 Å². The Morgan fingerprint density at radius 2 is 1.56 bits per heavy atom. The maximum absolute atomic E-state index is 12.9. The van der Waals surface area contributed by atoms with Gasteiger partial charge in [-0.1, -0.05) is 0 Å². The molecule has 1 amide bonds. The summed E-state index contributed by atoms with van der Waals surface area (Å²) in [5.41, 5.74) is 0.510. The molecular weight excluding hydrogens is 326 g/mol. The predicted molar refractivity (Wildman–Crippen MR) is 90.5 cm³/mol. The molecule has 0 atom stereocenters. The van der Waals surface area contributed by atoms with Crippen molar-refractivity contribution in [2.75, 3.05) is 47.6 Å². The smallest absolute Gasteiger partial charge is 0.254 e. The van der Waals surface area contributed by atoms with Crippen molar-refractivity contribution < 1.29 is 28.5 Å². The summed E-state index contributed by atoms with van der Waals surface area (Å²) >= 11 is 0. The van der Waals surface area contributed by atoms with Crippen LogP contribution in [0.3, 0.4) is 0 Å². The van der Waals surface area contributed by atoms with E-state index in [1.165, 1.54) is 21.3 Å². The van der Waals surface area contributed by atoms with Crippen molar-refractivity contribution in [3.05, 3.63) is 17.7 Å². The van der Waals surface area contributed by atoms with Gasteiger partial charge in [0, 0.05) is 31.5 Å². The van der Waals surface area contributed by atoms with Crippen LogP contribution in [-0.2, 0) is 9.47 Å². The molecule has 0 aromatic heterocycles. The average Bonchev–Trinajstić information content (AvgIpc) is 2.67. The number of carbonyl (C=O) groups is 1. The maximum Gasteiger partial charge on any atom is 0.254 e. The molecule has 2 heterocycles. The first-order valence-electron chi connectivity index (χ1n) is 8.49. The van der Waals surface area contributed by atoms with E-state index in [2.05, 4.69) is 0 Å². The molecular formula is C18H25NO6. The number of rotatable bonds is 4. The highest BCUT2D eigenvalue weighted by Gasteiger charge is 2.39. The highest BCUT2D eigenvalue weighted by molar-refractivity contribution is 5.95. The second-order valence-corrected chi connectivity index (χ2v) is 6.17. The first-order valence-corrected chi connectivity index (χ1v) is 8.49. The van der Waals surface area contributed by atoms with E-state index in [0.29, 0.717) is 48.7 Å². The summed E-state index contributed by atoms with van der Waals surface area (Å²) in [5.74, 6) is 0.841. The van der Waals surface area contributed by atoms with E-state index in [-0.39, 0.29) is 5.91 Å². The fourth-order valence-corrected chi connectivity index (χ4v) is 3.34. The van der Waals surface area contributed by atoms with Crippen LogP contribution in [0.4, 0.5) is 0 Å². The van der Waals surface area contributed by atoms with Gasteiger partial charge in [0.1, 0.15) is 0 Å². The normalized spacial score (nSPS) is 19.6. The van der Waals surface area contributed by atoms with Crippen molar-refractivity contribution in [2.45, 2.75) is 25.0 Å². The summed E-state index contributed by atoms with van der Waals surface area (Å²) in [5, 5.41) is 0. The van der Waals surface area contributed by atoms with Crippen molar-refractivity contribution in [3.63, 3.8) is 0 Å². The third-order valence-electron chi connectivity index (χ3n) is 4.74. The number of piperidine rings is 1. The van der Waals surface area contributed by atoms with Gasteiger partial charge in [-0.25, -0.2) is 0 Å². The van der Waals surface area contributed by atoms with Crippen molar-refractivity contribution in [3.8, 4) is 17.2 Å². The van der Waals surface area contributed by atoms with Crippen molar-refractivity contribution in [1.82, 2.24) is 4.90 Å². The molecule has 1 spiro atoms. The summed E-state index contributed by atoms with van der Waals surface area (Å²) in [7, 11) is 4.61. The predicted octanol–water partition coefficient (Wildman–Crippen LogP) is 2.08. The van der Waals surface area contributed by atoms with Crippen LogP contribution in [0.2, 0.25) is 0 Å². The quantitative estimate of drug-likeness (QED) is 0.827. The Morgan fingerprint density at radius 1 is 1.00 bits per heavy atom. The standard InChI is InChI=1S/C18H25NO6/c1-21-14-11-13(12-15(22-2)16(14)23-3)17(20)19-7-5-18(6-8-19)24-9-4-10-25-18/h11-12H,4-10H2,1-3H3. The number of hydrogen-bond donors (Lipinski definition) is 0. The molecule has 7 heteroatoms. The van der Waals surface area contributed by atoms with Crippen molar-refractivity contribution in [1.29, 1.82) is 0 Å². The second-order valence-electron chi connectivity index (χ2n) is 6.17. The highest BCUT2D eigenvalue weighted by atomic mass is 16.7. The largest absolute Gasteiger partial charge is 0.493 e. The van der Waals surface area contributed by atoms with Gasteiger partial charge in [-0.15, -0.1) is 0 Å². The summed E-state index contributed by atoms with van der Waals surface area (Å²) < 4.78 is 27.6. The molecule has 2 aliphatic heterocycles. The molecule has 0 saturated carbocycles. The van der Waals surface area contributed by atoms with E-state index >= 15 is 0 Å². The van der Waals surface area contributed by atoms with Crippen LogP contribution in [-0.4, -0.2) is 64.2 Å². The Balaban J connectivity index is 1.75. The summed E-state index contributed by atoms with van der Waals surface area (Å²) in [6.45, 7) is 2.63. The van der Waals surface area contributed by atoms with Crippen molar-refractivity contribution >= 4 is 5.91 Å². The Morgan fingerprint density at radius 3 is 2.04 bits per heavy atom. The first kappa shape index (κ1) is 17.8. The Bertz CT molecular complexity index is 591. The van der Waals surface area contributed by atoms with Crippen LogP contribution in [0, 0.1) is 0 Å². The highest BCUT2D eigenvalue weighted by Crippen LogP contribution is 2.39. The van der Waals surface area contributed by atoms with Gasteiger partial charge in [0.2, 0.25) is 5.75 Å². The minimum Gasteiger partial charge on any atom is -0.493 e. The number of hydrogen-bond acceptors (Lipinski definition) is 6. The van der Waals surface area contributed by atoms with Crippen LogP contribution in [0.25, 0.3) is 0 Å². The van der Waals surface area contributed by atoms with Gasteiger partial charge in [0.25, 0.3) is 5.91 Å². The number of ether oxygens (including phenoxy) is 5. The van der Waals surface area contributed by atoms with Gasteiger partial charge in [0.05, 0.1) is 34.5 Å². The molecule has 138 valence electrons. The molecule has 2 saturated heterocycles. The minimum atomic E-state index is -0.510. The monoisotopic (exact) mass is 351 g/mol. The van der Waals surface area contributed by atoms with Gasteiger partial charge in [-0.05, 0) is 18.6 Å². The molecule has 1 aromatic rings. The molecule has 0 radical (unpaired) electrons. The molecule has 3 rings (SSSR count). The van der Waals surface area contributed by atoms with Gasteiger partial charge >= 0.3 is 0 Å². The second kappa shape index (κ2) is 7.49. The van der Waals surface area contributed by atoms with E-state index in [1.54, 1.807) is 12.1 Å². The lowest BCUT2D eigenvalue weighted by molar-refractivity contribution is -0.281. The van der Waals surface area contributed by atoms with E-state index < -0.39 is 5.79 Å². The molecule has 2 fully saturated rings. The SMILES string of the molecule is COc1cc(C(=O)N2CCC3(CC2)OCCCO3)cc(OC)c1OC. The van der Waals surface area contributed by atoms with E-state index in [1.807, 2.05) is 4.90 Å². The van der Waals surface area contributed by atoms with E-state index in [9.17, 15) is 4.79 Å². The number of nitrogens with zero attached hydrogens (tertiary/aromatic N) is 1. The van der Waals surface area contributed by atoms with Gasteiger partial charge in [-0.2, -0.15) is 0 Å². The molecule has 1 aromatic carbocycles. The Kier molecular flexibility index (Phi) is 5.34. The average molecular weight is 351 g/mol. The van der Waals surface area contributed by atoms with E-state index in [4.69, 9.17) is 23.7 Å². The molecule has 7 nitrogen and oxygen atoms in total.